The number of rotatable bonds is 4. The number of likely N-dealkylation sites (tertiary alicyclic amines) is 1. The maximum atomic E-state index is 10.5. The average molecular weight is 236 g/mol. The molecule has 0 aliphatic carbocycles. The van der Waals surface area contributed by atoms with E-state index in [0.29, 0.717) is 6.10 Å². The lowest BCUT2D eigenvalue weighted by Crippen LogP contribution is -2.22. The Morgan fingerprint density at radius 3 is 2.71 bits per heavy atom. The monoisotopic (exact) mass is 236 g/mol. The van der Waals surface area contributed by atoms with Crippen LogP contribution >= 0.6 is 0 Å². The van der Waals surface area contributed by atoms with E-state index in [-0.39, 0.29) is 10.6 Å². The van der Waals surface area contributed by atoms with Crippen LogP contribution in [0.4, 0.5) is 5.69 Å². The van der Waals surface area contributed by atoms with Crippen LogP contribution in [0.25, 0.3) is 0 Å². The van der Waals surface area contributed by atoms with Crippen LogP contribution in [-0.2, 0) is 11.3 Å². The molecule has 2 rings (SSSR count). The summed E-state index contributed by atoms with van der Waals surface area (Å²) in [5.74, 6) is 0. The number of hydrogen-bond acceptors (Lipinski definition) is 4. The predicted molar refractivity (Wildman–Crippen MR) is 63.8 cm³/mol. The Kier molecular flexibility index (Phi) is 3.71. The minimum Gasteiger partial charge on any atom is -0.380 e. The first kappa shape index (κ1) is 12.0. The van der Waals surface area contributed by atoms with E-state index < -0.39 is 0 Å². The maximum absolute atomic E-state index is 10.5. The van der Waals surface area contributed by atoms with Crippen molar-refractivity contribution in [2.24, 2.45) is 0 Å². The molecule has 92 valence electrons. The zero-order chi connectivity index (χ0) is 12.3. The number of non-ortho nitro benzene ring substituents is 1. The van der Waals surface area contributed by atoms with Gasteiger partial charge in [-0.25, -0.2) is 0 Å². The lowest BCUT2D eigenvalue weighted by atomic mass is 10.2. The van der Waals surface area contributed by atoms with Crippen molar-refractivity contribution < 1.29 is 9.66 Å². The number of nitro groups is 1. The van der Waals surface area contributed by atoms with Crippen molar-refractivity contribution >= 4 is 5.69 Å². The first-order chi connectivity index (χ1) is 8.19. The molecular formula is C12H16N2O3. The fourth-order valence-corrected chi connectivity index (χ4v) is 2.11. The number of hydrogen-bond donors (Lipinski definition) is 0. The van der Waals surface area contributed by atoms with Crippen LogP contribution < -0.4 is 0 Å². The molecule has 1 aromatic carbocycles. The van der Waals surface area contributed by atoms with Crippen LogP contribution in [-0.4, -0.2) is 36.1 Å². The Balaban J connectivity index is 1.93. The molecule has 0 bridgehead atoms. The van der Waals surface area contributed by atoms with E-state index in [4.69, 9.17) is 4.74 Å². The lowest BCUT2D eigenvalue weighted by Gasteiger charge is -2.15. The van der Waals surface area contributed by atoms with Crippen LogP contribution in [0.2, 0.25) is 0 Å². The first-order valence-electron chi connectivity index (χ1n) is 5.67. The molecule has 0 amide bonds. The van der Waals surface area contributed by atoms with E-state index in [2.05, 4.69) is 4.90 Å². The lowest BCUT2D eigenvalue weighted by molar-refractivity contribution is -0.384. The zero-order valence-corrected chi connectivity index (χ0v) is 9.83. The van der Waals surface area contributed by atoms with E-state index in [0.717, 1.165) is 31.6 Å². The summed E-state index contributed by atoms with van der Waals surface area (Å²) in [6, 6.07) is 6.74. The summed E-state index contributed by atoms with van der Waals surface area (Å²) in [6.45, 7) is 2.79. The van der Waals surface area contributed by atoms with Crippen molar-refractivity contribution in [1.29, 1.82) is 0 Å². The summed E-state index contributed by atoms with van der Waals surface area (Å²) in [4.78, 5) is 12.4. The number of benzene rings is 1. The van der Waals surface area contributed by atoms with Crippen LogP contribution in [0.5, 0.6) is 0 Å². The molecule has 1 heterocycles. The molecule has 1 atom stereocenters. The normalized spacial score (nSPS) is 20.6. The van der Waals surface area contributed by atoms with Gasteiger partial charge in [-0.3, -0.25) is 15.0 Å². The summed E-state index contributed by atoms with van der Waals surface area (Å²) in [6.07, 6.45) is 1.39. The molecule has 1 unspecified atom stereocenters. The fraction of sp³-hybridized carbons (Fsp3) is 0.500. The molecule has 5 heteroatoms. The van der Waals surface area contributed by atoms with Gasteiger partial charge < -0.3 is 4.74 Å². The highest BCUT2D eigenvalue weighted by atomic mass is 16.6. The molecule has 1 aromatic rings. The highest BCUT2D eigenvalue weighted by molar-refractivity contribution is 5.32. The molecule has 1 saturated heterocycles. The summed E-state index contributed by atoms with van der Waals surface area (Å²) in [7, 11) is 1.74. The topological polar surface area (TPSA) is 55.6 Å². The highest BCUT2D eigenvalue weighted by Crippen LogP contribution is 2.17. The molecule has 0 N–H and O–H groups in total. The predicted octanol–water partition coefficient (Wildman–Crippen LogP) is 1.82. The highest BCUT2D eigenvalue weighted by Gasteiger charge is 2.21. The summed E-state index contributed by atoms with van der Waals surface area (Å²) in [5, 5.41) is 10.5. The van der Waals surface area contributed by atoms with Gasteiger partial charge in [-0.05, 0) is 12.0 Å². The van der Waals surface area contributed by atoms with Crippen LogP contribution in [0.1, 0.15) is 12.0 Å². The quantitative estimate of drug-likeness (QED) is 0.591. The van der Waals surface area contributed by atoms with Gasteiger partial charge in [-0.1, -0.05) is 12.1 Å². The van der Waals surface area contributed by atoms with Crippen molar-refractivity contribution in [2.45, 2.75) is 19.1 Å². The molecule has 0 saturated carbocycles. The summed E-state index contributed by atoms with van der Waals surface area (Å²) < 4.78 is 5.30. The smallest absolute Gasteiger partial charge is 0.269 e. The van der Waals surface area contributed by atoms with Gasteiger partial charge in [0.15, 0.2) is 0 Å². The molecule has 1 fully saturated rings. The van der Waals surface area contributed by atoms with E-state index >= 15 is 0 Å². The minimum atomic E-state index is -0.374. The van der Waals surface area contributed by atoms with E-state index in [1.165, 1.54) is 0 Å². The van der Waals surface area contributed by atoms with E-state index in [9.17, 15) is 10.1 Å². The second-order valence-electron chi connectivity index (χ2n) is 4.31. The average Bonchev–Trinajstić information content (AvgIpc) is 2.77. The van der Waals surface area contributed by atoms with Gasteiger partial charge in [0, 0.05) is 38.9 Å². The number of methoxy groups -OCH3 is 1. The second-order valence-corrected chi connectivity index (χ2v) is 4.31. The van der Waals surface area contributed by atoms with Crippen molar-refractivity contribution in [1.82, 2.24) is 4.90 Å². The Bertz CT molecular complexity index is 391. The van der Waals surface area contributed by atoms with Gasteiger partial charge in [0.2, 0.25) is 0 Å². The van der Waals surface area contributed by atoms with Gasteiger partial charge in [0.25, 0.3) is 5.69 Å². The van der Waals surface area contributed by atoms with Crippen LogP contribution in [0, 0.1) is 10.1 Å². The minimum absolute atomic E-state index is 0.143. The molecule has 17 heavy (non-hydrogen) atoms. The Morgan fingerprint density at radius 2 is 2.18 bits per heavy atom. The summed E-state index contributed by atoms with van der Waals surface area (Å²) in [5.41, 5.74) is 1.25. The molecule has 0 aromatic heterocycles. The van der Waals surface area contributed by atoms with E-state index in [1.54, 1.807) is 19.2 Å². The van der Waals surface area contributed by atoms with Crippen molar-refractivity contribution in [3.63, 3.8) is 0 Å². The largest absolute Gasteiger partial charge is 0.380 e. The van der Waals surface area contributed by atoms with E-state index in [1.807, 2.05) is 12.1 Å². The Labute approximate surface area is 100 Å². The molecular weight excluding hydrogens is 220 g/mol. The van der Waals surface area contributed by atoms with Crippen molar-refractivity contribution in [2.75, 3.05) is 20.2 Å². The molecule has 1 aliphatic heterocycles. The Morgan fingerprint density at radius 1 is 1.47 bits per heavy atom. The number of nitro benzene ring substituents is 1. The fourth-order valence-electron chi connectivity index (χ4n) is 2.11. The van der Waals surface area contributed by atoms with Gasteiger partial charge >= 0.3 is 0 Å². The Hall–Kier alpha value is -1.46. The molecule has 5 nitrogen and oxygen atoms in total. The van der Waals surface area contributed by atoms with Crippen molar-refractivity contribution in [3.8, 4) is 0 Å². The third kappa shape index (κ3) is 3.01. The number of nitrogens with zero attached hydrogens (tertiary/aromatic N) is 2. The third-order valence-corrected chi connectivity index (χ3v) is 3.12. The van der Waals surface area contributed by atoms with Crippen LogP contribution in [0.15, 0.2) is 24.3 Å². The summed E-state index contributed by atoms with van der Waals surface area (Å²) >= 11 is 0. The molecule has 0 spiro atoms. The number of ether oxygens (including phenoxy) is 1. The third-order valence-electron chi connectivity index (χ3n) is 3.12. The first-order valence-corrected chi connectivity index (χ1v) is 5.67. The van der Waals surface area contributed by atoms with Gasteiger partial charge in [-0.2, -0.15) is 0 Å². The van der Waals surface area contributed by atoms with Crippen LogP contribution in [0.3, 0.4) is 0 Å². The molecule has 1 aliphatic rings. The second kappa shape index (κ2) is 5.25. The van der Waals surface area contributed by atoms with Crippen molar-refractivity contribution in [3.05, 3.63) is 39.9 Å². The molecule has 0 radical (unpaired) electrons. The van der Waals surface area contributed by atoms with Gasteiger partial charge in [0.05, 0.1) is 11.0 Å². The zero-order valence-electron chi connectivity index (χ0n) is 9.83. The standard InChI is InChI=1S/C12H16N2O3/c1-17-12-6-7-13(9-12)8-10-2-4-11(5-3-10)14(15)16/h2-5,12H,6-9H2,1H3. The van der Waals surface area contributed by atoms with Gasteiger partial charge in [0.1, 0.15) is 0 Å². The SMILES string of the molecule is COC1CCN(Cc2ccc([N+](=O)[O-])cc2)C1. The van der Waals surface area contributed by atoms with Gasteiger partial charge in [-0.15, -0.1) is 0 Å². The maximum Gasteiger partial charge on any atom is 0.269 e.